The number of halogens is 3. The van der Waals surface area contributed by atoms with Gasteiger partial charge in [-0.15, -0.1) is 0 Å². The van der Waals surface area contributed by atoms with Crippen LogP contribution in [0.5, 0.6) is 0 Å². The number of aromatic nitrogens is 2. The van der Waals surface area contributed by atoms with Crippen LogP contribution in [-0.2, 0) is 6.42 Å². The van der Waals surface area contributed by atoms with Crippen molar-refractivity contribution in [3.63, 3.8) is 0 Å². The van der Waals surface area contributed by atoms with Crippen molar-refractivity contribution in [2.24, 2.45) is 0 Å². The molecule has 0 amide bonds. The maximum absolute atomic E-state index is 12.4. The summed E-state index contributed by atoms with van der Waals surface area (Å²) in [5.41, 5.74) is 2.34. The first-order chi connectivity index (χ1) is 9.90. The van der Waals surface area contributed by atoms with Crippen molar-refractivity contribution < 1.29 is 13.2 Å². The minimum absolute atomic E-state index is 0.195. The van der Waals surface area contributed by atoms with Crippen LogP contribution in [0.2, 0.25) is 0 Å². The molecule has 6 heteroatoms. The highest BCUT2D eigenvalue weighted by Gasteiger charge is 2.27. The maximum Gasteiger partial charge on any atom is 0.389 e. The zero-order valence-corrected chi connectivity index (χ0v) is 11.8. The fourth-order valence-electron chi connectivity index (χ4n) is 2.05. The van der Waals surface area contributed by atoms with Gasteiger partial charge in [-0.2, -0.15) is 13.2 Å². The molecule has 2 aromatic rings. The van der Waals surface area contributed by atoms with E-state index in [1.807, 2.05) is 37.3 Å². The normalized spacial score (nSPS) is 11.5. The molecule has 0 saturated heterocycles. The third kappa shape index (κ3) is 3.93. The van der Waals surface area contributed by atoms with Gasteiger partial charge in [-0.1, -0.05) is 30.3 Å². The molecule has 0 aliphatic rings. The highest BCUT2D eigenvalue weighted by molar-refractivity contribution is 5.67. The molecule has 1 heterocycles. The number of nitrogens with zero attached hydrogens (tertiary/aromatic N) is 2. The van der Waals surface area contributed by atoms with E-state index in [2.05, 4.69) is 15.3 Å². The Morgan fingerprint density at radius 2 is 1.76 bits per heavy atom. The van der Waals surface area contributed by atoms with Crippen LogP contribution >= 0.6 is 0 Å². The van der Waals surface area contributed by atoms with Crippen molar-refractivity contribution in [1.29, 1.82) is 0 Å². The molecule has 112 valence electrons. The molecule has 0 bridgehead atoms. The second kappa shape index (κ2) is 6.11. The van der Waals surface area contributed by atoms with Crippen molar-refractivity contribution in [2.75, 3.05) is 12.4 Å². The fourth-order valence-corrected chi connectivity index (χ4v) is 2.05. The van der Waals surface area contributed by atoms with Crippen molar-refractivity contribution in [1.82, 2.24) is 9.97 Å². The summed E-state index contributed by atoms with van der Waals surface area (Å²) in [5, 5.41) is 2.91. The number of benzene rings is 1. The molecule has 0 saturated carbocycles. The molecule has 0 unspecified atom stereocenters. The van der Waals surface area contributed by atoms with Crippen LogP contribution in [0.15, 0.2) is 30.3 Å². The van der Waals surface area contributed by atoms with Crippen LogP contribution < -0.4 is 5.32 Å². The number of aryl methyl sites for hydroxylation is 1. The molecule has 0 atom stereocenters. The highest BCUT2D eigenvalue weighted by atomic mass is 19.4. The lowest BCUT2D eigenvalue weighted by Gasteiger charge is -2.13. The summed E-state index contributed by atoms with van der Waals surface area (Å²) in [6, 6.07) is 9.37. The van der Waals surface area contributed by atoms with Crippen molar-refractivity contribution in [2.45, 2.75) is 25.9 Å². The fraction of sp³-hybridized carbons (Fsp3) is 0.333. The van der Waals surface area contributed by atoms with E-state index in [4.69, 9.17) is 0 Å². The monoisotopic (exact) mass is 295 g/mol. The third-order valence-corrected chi connectivity index (χ3v) is 3.11. The lowest BCUT2D eigenvalue weighted by atomic mass is 10.1. The van der Waals surface area contributed by atoms with E-state index in [1.54, 1.807) is 7.05 Å². The van der Waals surface area contributed by atoms with Crippen LogP contribution in [-0.4, -0.2) is 23.2 Å². The largest absolute Gasteiger partial charge is 0.389 e. The molecule has 0 radical (unpaired) electrons. The molecule has 0 spiro atoms. The Kier molecular flexibility index (Phi) is 4.45. The molecule has 3 nitrogen and oxygen atoms in total. The Balaban J connectivity index is 2.40. The Morgan fingerprint density at radius 3 is 2.33 bits per heavy atom. The molecule has 0 aliphatic heterocycles. The number of alkyl halides is 3. The Bertz CT molecular complexity index is 610. The van der Waals surface area contributed by atoms with Crippen LogP contribution in [0.1, 0.15) is 17.8 Å². The maximum atomic E-state index is 12.4. The summed E-state index contributed by atoms with van der Waals surface area (Å²) in [4.78, 5) is 8.46. The lowest BCUT2D eigenvalue weighted by Crippen LogP contribution is -2.12. The predicted molar refractivity (Wildman–Crippen MR) is 76.1 cm³/mol. The number of nitrogens with one attached hydrogen (secondary N) is 1. The van der Waals surface area contributed by atoms with Crippen LogP contribution in [0.25, 0.3) is 11.3 Å². The van der Waals surface area contributed by atoms with Crippen LogP contribution in [0.3, 0.4) is 0 Å². The first-order valence-corrected chi connectivity index (χ1v) is 6.58. The Labute approximate surface area is 121 Å². The zero-order chi connectivity index (χ0) is 15.5. The van der Waals surface area contributed by atoms with Gasteiger partial charge in [0.15, 0.2) is 0 Å². The summed E-state index contributed by atoms with van der Waals surface area (Å²) in [6.07, 6.45) is -5.35. The summed E-state index contributed by atoms with van der Waals surface area (Å²) >= 11 is 0. The van der Waals surface area contributed by atoms with Crippen molar-refractivity contribution in [3.05, 3.63) is 41.7 Å². The van der Waals surface area contributed by atoms with E-state index in [-0.39, 0.29) is 12.2 Å². The molecular formula is C15H16F3N3. The predicted octanol–water partition coefficient (Wildman–Crippen LogP) is 3.99. The molecule has 1 aromatic heterocycles. The molecular weight excluding hydrogens is 279 g/mol. The van der Waals surface area contributed by atoms with Gasteiger partial charge >= 0.3 is 6.18 Å². The van der Waals surface area contributed by atoms with E-state index in [9.17, 15) is 13.2 Å². The molecule has 1 N–H and O–H groups in total. The molecule has 1 aromatic carbocycles. The second-order valence-corrected chi connectivity index (χ2v) is 4.69. The zero-order valence-electron chi connectivity index (χ0n) is 11.8. The SMILES string of the molecule is CNc1nc(CCC(F)(F)F)nc(-c2ccccc2)c1C. The van der Waals surface area contributed by atoms with Gasteiger partial charge in [0.1, 0.15) is 11.6 Å². The lowest BCUT2D eigenvalue weighted by molar-refractivity contribution is -0.134. The van der Waals surface area contributed by atoms with Gasteiger partial charge < -0.3 is 5.32 Å². The number of rotatable bonds is 4. The summed E-state index contributed by atoms with van der Waals surface area (Å²) in [6.45, 7) is 1.85. The van der Waals surface area contributed by atoms with Gasteiger partial charge in [-0.3, -0.25) is 0 Å². The molecule has 2 rings (SSSR count). The van der Waals surface area contributed by atoms with Crippen LogP contribution in [0, 0.1) is 6.92 Å². The third-order valence-electron chi connectivity index (χ3n) is 3.11. The van der Waals surface area contributed by atoms with E-state index >= 15 is 0 Å². The Morgan fingerprint density at radius 1 is 1.10 bits per heavy atom. The van der Waals surface area contributed by atoms with Crippen LogP contribution in [0.4, 0.5) is 19.0 Å². The average Bonchev–Trinajstić information content (AvgIpc) is 2.46. The molecule has 0 aliphatic carbocycles. The summed E-state index contributed by atoms with van der Waals surface area (Å²) < 4.78 is 37.1. The molecule has 0 fully saturated rings. The minimum atomic E-state index is -4.21. The minimum Gasteiger partial charge on any atom is -0.373 e. The average molecular weight is 295 g/mol. The first-order valence-electron chi connectivity index (χ1n) is 6.58. The topological polar surface area (TPSA) is 37.8 Å². The van der Waals surface area contributed by atoms with E-state index < -0.39 is 12.6 Å². The van der Waals surface area contributed by atoms with Crippen molar-refractivity contribution in [3.8, 4) is 11.3 Å². The quantitative estimate of drug-likeness (QED) is 0.926. The number of hydrogen-bond donors (Lipinski definition) is 1. The standard InChI is InChI=1S/C15H16F3N3/c1-10-13(11-6-4-3-5-7-11)20-12(21-14(10)19-2)8-9-15(16,17)18/h3-7H,8-9H2,1-2H3,(H,19,20,21). The van der Waals surface area contributed by atoms with E-state index in [0.717, 1.165) is 11.1 Å². The van der Waals surface area contributed by atoms with Gasteiger partial charge in [0.05, 0.1) is 12.1 Å². The smallest absolute Gasteiger partial charge is 0.373 e. The first kappa shape index (κ1) is 15.3. The van der Waals surface area contributed by atoms with Gasteiger partial charge in [0.25, 0.3) is 0 Å². The van der Waals surface area contributed by atoms with Gasteiger partial charge in [-0.25, -0.2) is 9.97 Å². The molecule has 21 heavy (non-hydrogen) atoms. The Hall–Kier alpha value is -2.11. The number of anilines is 1. The van der Waals surface area contributed by atoms with Crippen molar-refractivity contribution >= 4 is 5.82 Å². The summed E-state index contributed by atoms with van der Waals surface area (Å²) in [5.74, 6) is 0.752. The second-order valence-electron chi connectivity index (χ2n) is 4.69. The van der Waals surface area contributed by atoms with Gasteiger partial charge in [0, 0.05) is 24.6 Å². The van der Waals surface area contributed by atoms with Gasteiger partial charge in [-0.05, 0) is 6.92 Å². The number of hydrogen-bond acceptors (Lipinski definition) is 3. The highest BCUT2D eigenvalue weighted by Crippen LogP contribution is 2.27. The van der Waals surface area contributed by atoms with Gasteiger partial charge in [0.2, 0.25) is 0 Å². The van der Waals surface area contributed by atoms with E-state index in [1.165, 1.54) is 0 Å². The summed E-state index contributed by atoms with van der Waals surface area (Å²) in [7, 11) is 1.69. The van der Waals surface area contributed by atoms with E-state index in [0.29, 0.717) is 11.5 Å².